The lowest BCUT2D eigenvalue weighted by molar-refractivity contribution is 0.245. The summed E-state index contributed by atoms with van der Waals surface area (Å²) < 4.78 is 28.2. The highest BCUT2D eigenvalue weighted by atomic mass is 79.9. The van der Waals surface area contributed by atoms with Crippen LogP contribution in [0.15, 0.2) is 27.6 Å². The summed E-state index contributed by atoms with van der Waals surface area (Å²) >= 11 is 3.33. The van der Waals surface area contributed by atoms with E-state index >= 15 is 0 Å². The van der Waals surface area contributed by atoms with Gasteiger partial charge in [0, 0.05) is 63.5 Å². The van der Waals surface area contributed by atoms with Crippen LogP contribution in [0.2, 0.25) is 0 Å². The van der Waals surface area contributed by atoms with Gasteiger partial charge in [-0.15, -0.1) is 24.8 Å². The normalized spacial score (nSPS) is 15.3. The first-order valence-electron chi connectivity index (χ1n) is 7.30. The molecule has 0 atom stereocenters. The van der Waals surface area contributed by atoms with Crippen LogP contribution in [0.4, 0.5) is 5.69 Å². The van der Waals surface area contributed by atoms with Crippen molar-refractivity contribution < 1.29 is 8.42 Å². The minimum Gasteiger partial charge on any atom is -0.378 e. The maximum absolute atomic E-state index is 12.5. The highest BCUT2D eigenvalue weighted by Crippen LogP contribution is 2.26. The van der Waals surface area contributed by atoms with E-state index in [1.165, 1.54) is 0 Å². The average molecular weight is 464 g/mol. The van der Waals surface area contributed by atoms with Crippen molar-refractivity contribution in [1.82, 2.24) is 14.9 Å². The summed E-state index contributed by atoms with van der Waals surface area (Å²) in [4.78, 5) is 4.41. The molecule has 1 aliphatic rings. The lowest BCUT2D eigenvalue weighted by atomic mass is 10.3. The molecule has 0 unspecified atom stereocenters. The van der Waals surface area contributed by atoms with Crippen molar-refractivity contribution in [2.45, 2.75) is 4.90 Å². The lowest BCUT2D eigenvalue weighted by Gasteiger charge is -2.27. The van der Waals surface area contributed by atoms with E-state index in [1.54, 1.807) is 12.1 Å². The molecule has 0 radical (unpaired) electrons. The number of benzene rings is 1. The summed E-state index contributed by atoms with van der Waals surface area (Å²) in [6.45, 7) is 4.99. The van der Waals surface area contributed by atoms with E-state index in [4.69, 9.17) is 0 Å². The van der Waals surface area contributed by atoms with Crippen LogP contribution in [0.3, 0.4) is 0 Å². The van der Waals surface area contributed by atoms with E-state index in [0.29, 0.717) is 11.0 Å². The molecule has 0 amide bonds. The van der Waals surface area contributed by atoms with Crippen molar-refractivity contribution in [3.8, 4) is 0 Å². The first-order chi connectivity index (χ1) is 10.4. The summed E-state index contributed by atoms with van der Waals surface area (Å²) in [5.41, 5.74) is 0.852. The fourth-order valence-corrected chi connectivity index (χ4v) is 4.33. The quantitative estimate of drug-likeness (QED) is 0.669. The highest BCUT2D eigenvalue weighted by Gasteiger charge is 2.19. The molecule has 140 valence electrons. The Morgan fingerprint density at radius 3 is 2.46 bits per heavy atom. The molecule has 1 aliphatic heterocycles. The van der Waals surface area contributed by atoms with Crippen LogP contribution < -0.4 is 14.9 Å². The molecule has 1 fully saturated rings. The molecular weight excluding hydrogens is 439 g/mol. The predicted molar refractivity (Wildman–Crippen MR) is 107 cm³/mol. The molecule has 2 rings (SSSR count). The zero-order valence-corrected chi connectivity index (χ0v) is 17.8. The van der Waals surface area contributed by atoms with Gasteiger partial charge in [-0.1, -0.05) is 0 Å². The second kappa shape index (κ2) is 10.8. The molecule has 1 saturated heterocycles. The van der Waals surface area contributed by atoms with E-state index in [9.17, 15) is 8.42 Å². The fourth-order valence-electron chi connectivity index (χ4n) is 2.33. The molecule has 0 bridgehead atoms. The molecule has 1 aromatic rings. The summed E-state index contributed by atoms with van der Waals surface area (Å²) in [5, 5.41) is 3.28. The number of hydrogen-bond acceptors (Lipinski definition) is 5. The molecule has 0 aliphatic carbocycles. The van der Waals surface area contributed by atoms with Gasteiger partial charge in [-0.05, 0) is 34.1 Å². The number of nitrogens with one attached hydrogen (secondary N) is 2. The Labute approximate surface area is 165 Å². The van der Waals surface area contributed by atoms with Gasteiger partial charge in [0.05, 0.1) is 4.90 Å². The molecule has 2 N–H and O–H groups in total. The van der Waals surface area contributed by atoms with Gasteiger partial charge in [0.2, 0.25) is 10.0 Å². The van der Waals surface area contributed by atoms with Gasteiger partial charge in [0.15, 0.2) is 0 Å². The van der Waals surface area contributed by atoms with Crippen LogP contribution in [-0.4, -0.2) is 66.7 Å². The Hall–Kier alpha value is -0.0900. The van der Waals surface area contributed by atoms with E-state index in [-0.39, 0.29) is 29.7 Å². The highest BCUT2D eigenvalue weighted by molar-refractivity contribution is 9.10. The van der Waals surface area contributed by atoms with Gasteiger partial charge < -0.3 is 10.2 Å². The number of hydrogen-bond donors (Lipinski definition) is 2. The van der Waals surface area contributed by atoms with Gasteiger partial charge in [0.1, 0.15) is 0 Å². The Bertz CT molecular complexity index is 611. The van der Waals surface area contributed by atoms with Crippen molar-refractivity contribution in [3.63, 3.8) is 0 Å². The number of rotatable bonds is 6. The van der Waals surface area contributed by atoms with Gasteiger partial charge in [-0.25, -0.2) is 13.1 Å². The molecule has 1 heterocycles. The summed E-state index contributed by atoms with van der Waals surface area (Å²) in [5.74, 6) is 0. The minimum absolute atomic E-state index is 0. The zero-order valence-electron chi connectivity index (χ0n) is 13.8. The molecular formula is C14H25BrCl2N4O2S. The topological polar surface area (TPSA) is 64.7 Å². The monoisotopic (exact) mass is 462 g/mol. The molecule has 0 aromatic heterocycles. The van der Waals surface area contributed by atoms with Crippen LogP contribution in [0.5, 0.6) is 0 Å². The molecule has 10 heteroatoms. The Balaban J connectivity index is 0.00000264. The Morgan fingerprint density at radius 2 is 1.88 bits per heavy atom. The van der Waals surface area contributed by atoms with Crippen LogP contribution in [-0.2, 0) is 10.0 Å². The van der Waals surface area contributed by atoms with Crippen molar-refractivity contribution >= 4 is 56.5 Å². The lowest BCUT2D eigenvalue weighted by Crippen LogP contribution is -2.46. The van der Waals surface area contributed by atoms with E-state index < -0.39 is 10.0 Å². The largest absolute Gasteiger partial charge is 0.378 e. The van der Waals surface area contributed by atoms with Gasteiger partial charge in [-0.2, -0.15) is 0 Å². The predicted octanol–water partition coefficient (Wildman–Crippen LogP) is 1.54. The van der Waals surface area contributed by atoms with Crippen molar-refractivity contribution in [2.24, 2.45) is 0 Å². The zero-order chi connectivity index (χ0) is 16.2. The van der Waals surface area contributed by atoms with Crippen LogP contribution >= 0.6 is 40.7 Å². The summed E-state index contributed by atoms with van der Waals surface area (Å²) in [7, 11) is 0.259. The molecule has 0 saturated carbocycles. The number of piperazine rings is 1. The smallest absolute Gasteiger partial charge is 0.241 e. The third-order valence-corrected chi connectivity index (χ3v) is 6.11. The number of anilines is 1. The van der Waals surface area contributed by atoms with Gasteiger partial charge in [0.25, 0.3) is 0 Å². The first-order valence-corrected chi connectivity index (χ1v) is 9.57. The van der Waals surface area contributed by atoms with Crippen LogP contribution in [0.25, 0.3) is 0 Å². The number of halogens is 3. The van der Waals surface area contributed by atoms with Crippen LogP contribution in [0.1, 0.15) is 0 Å². The Morgan fingerprint density at radius 1 is 1.25 bits per heavy atom. The van der Waals surface area contributed by atoms with Gasteiger partial charge in [-0.3, -0.25) is 4.90 Å². The maximum Gasteiger partial charge on any atom is 0.241 e. The Kier molecular flexibility index (Phi) is 10.8. The van der Waals surface area contributed by atoms with E-state index in [2.05, 4.69) is 30.9 Å². The third-order valence-electron chi connectivity index (χ3n) is 3.65. The second-order valence-corrected chi connectivity index (χ2v) is 8.09. The average Bonchev–Trinajstić information content (AvgIpc) is 2.48. The summed E-state index contributed by atoms with van der Waals surface area (Å²) in [6.07, 6.45) is 0. The third kappa shape index (κ3) is 6.67. The second-order valence-electron chi connectivity index (χ2n) is 5.50. The standard InChI is InChI=1S/C14H23BrN4O2S.2ClH/c1-18(2)12-3-4-13(15)14(11-12)22(20,21)17-7-10-19-8-5-16-6-9-19;;/h3-4,11,16-17H,5-10H2,1-2H3;2*1H. The number of sulfonamides is 1. The molecule has 6 nitrogen and oxygen atoms in total. The molecule has 0 spiro atoms. The minimum atomic E-state index is -3.51. The van der Waals surface area contributed by atoms with Crippen molar-refractivity contribution in [3.05, 3.63) is 22.7 Å². The fraction of sp³-hybridized carbons (Fsp3) is 0.571. The van der Waals surface area contributed by atoms with E-state index in [1.807, 2.05) is 25.1 Å². The molecule has 24 heavy (non-hydrogen) atoms. The van der Waals surface area contributed by atoms with Gasteiger partial charge >= 0.3 is 0 Å². The SMILES string of the molecule is CN(C)c1ccc(Br)c(S(=O)(=O)NCCN2CCNCC2)c1.Cl.Cl. The maximum atomic E-state index is 12.5. The number of nitrogens with zero attached hydrogens (tertiary/aromatic N) is 2. The first kappa shape index (κ1) is 23.9. The van der Waals surface area contributed by atoms with E-state index in [0.717, 1.165) is 38.4 Å². The van der Waals surface area contributed by atoms with Crippen LogP contribution in [0, 0.1) is 0 Å². The molecule has 1 aromatic carbocycles. The van der Waals surface area contributed by atoms with Crippen molar-refractivity contribution in [2.75, 3.05) is 58.3 Å². The van der Waals surface area contributed by atoms with Crippen molar-refractivity contribution in [1.29, 1.82) is 0 Å². The summed E-state index contributed by atoms with van der Waals surface area (Å²) in [6, 6.07) is 5.32.